The highest BCUT2D eigenvalue weighted by molar-refractivity contribution is 9.10. The predicted octanol–water partition coefficient (Wildman–Crippen LogP) is 4.74. The van der Waals surface area contributed by atoms with Gasteiger partial charge in [0.2, 0.25) is 0 Å². The Morgan fingerprint density at radius 2 is 1.89 bits per heavy atom. The molecule has 0 fully saturated rings. The average Bonchev–Trinajstić information content (AvgIpc) is 2.42. The van der Waals surface area contributed by atoms with Crippen LogP contribution in [0.5, 0.6) is 0 Å². The third-order valence-corrected chi connectivity index (χ3v) is 4.22. The SMILES string of the molecule is CNC(Cc1cccc(F)c1Br)c1ccc(Cl)cc1. The van der Waals surface area contributed by atoms with Gasteiger partial charge >= 0.3 is 0 Å². The third-order valence-electron chi connectivity index (χ3n) is 3.08. The van der Waals surface area contributed by atoms with Crippen LogP contribution in [0.25, 0.3) is 0 Å². The van der Waals surface area contributed by atoms with Gasteiger partial charge in [-0.2, -0.15) is 0 Å². The minimum Gasteiger partial charge on any atom is -0.313 e. The van der Waals surface area contributed by atoms with E-state index >= 15 is 0 Å². The molecule has 0 aliphatic rings. The monoisotopic (exact) mass is 341 g/mol. The molecule has 0 saturated carbocycles. The van der Waals surface area contributed by atoms with E-state index in [0.29, 0.717) is 15.9 Å². The Balaban J connectivity index is 2.24. The van der Waals surface area contributed by atoms with Crippen LogP contribution < -0.4 is 5.32 Å². The molecule has 1 N–H and O–H groups in total. The van der Waals surface area contributed by atoms with Crippen LogP contribution in [0.4, 0.5) is 4.39 Å². The van der Waals surface area contributed by atoms with Gasteiger partial charge in [-0.3, -0.25) is 0 Å². The molecule has 2 aromatic rings. The first kappa shape index (κ1) is 14.5. The number of rotatable bonds is 4. The van der Waals surface area contributed by atoms with Crippen molar-refractivity contribution in [2.24, 2.45) is 0 Å². The van der Waals surface area contributed by atoms with Gasteiger partial charge in [0, 0.05) is 11.1 Å². The lowest BCUT2D eigenvalue weighted by molar-refractivity contribution is 0.580. The molecule has 0 radical (unpaired) electrons. The number of nitrogens with one attached hydrogen (secondary N) is 1. The maximum atomic E-state index is 13.5. The van der Waals surface area contributed by atoms with Gasteiger partial charge in [-0.1, -0.05) is 35.9 Å². The Kier molecular flexibility index (Phi) is 4.97. The second-order valence-electron chi connectivity index (χ2n) is 4.31. The van der Waals surface area contributed by atoms with E-state index in [4.69, 9.17) is 11.6 Å². The van der Waals surface area contributed by atoms with Crippen molar-refractivity contribution in [2.75, 3.05) is 7.05 Å². The quantitative estimate of drug-likeness (QED) is 0.846. The van der Waals surface area contributed by atoms with Crippen molar-refractivity contribution in [1.29, 1.82) is 0 Å². The van der Waals surface area contributed by atoms with E-state index in [1.165, 1.54) is 6.07 Å². The standard InChI is InChI=1S/C15H14BrClFN/c1-19-14(10-5-7-12(17)8-6-10)9-11-3-2-4-13(18)15(11)16/h2-8,14,19H,9H2,1H3. The van der Waals surface area contributed by atoms with Gasteiger partial charge in [-0.05, 0) is 58.7 Å². The van der Waals surface area contributed by atoms with Crippen LogP contribution in [-0.4, -0.2) is 7.05 Å². The first-order chi connectivity index (χ1) is 9.11. The zero-order valence-electron chi connectivity index (χ0n) is 10.5. The molecule has 100 valence electrons. The first-order valence-electron chi connectivity index (χ1n) is 5.97. The van der Waals surface area contributed by atoms with Crippen LogP contribution in [0, 0.1) is 5.82 Å². The van der Waals surface area contributed by atoms with Crippen molar-refractivity contribution < 1.29 is 4.39 Å². The van der Waals surface area contributed by atoms with Gasteiger partial charge in [0.05, 0.1) is 4.47 Å². The molecule has 1 atom stereocenters. The molecule has 19 heavy (non-hydrogen) atoms. The lowest BCUT2D eigenvalue weighted by Crippen LogP contribution is -2.19. The number of likely N-dealkylation sites (N-methyl/N-ethyl adjacent to an activating group) is 1. The van der Waals surface area contributed by atoms with Crippen molar-refractivity contribution in [2.45, 2.75) is 12.5 Å². The summed E-state index contributed by atoms with van der Waals surface area (Å²) in [6.07, 6.45) is 0.705. The minimum atomic E-state index is -0.233. The molecular formula is C15H14BrClFN. The Morgan fingerprint density at radius 1 is 1.21 bits per heavy atom. The summed E-state index contributed by atoms with van der Waals surface area (Å²) in [4.78, 5) is 0. The molecule has 0 spiro atoms. The highest BCUT2D eigenvalue weighted by Crippen LogP contribution is 2.26. The second kappa shape index (κ2) is 6.51. The van der Waals surface area contributed by atoms with Crippen molar-refractivity contribution in [1.82, 2.24) is 5.32 Å². The van der Waals surface area contributed by atoms with E-state index in [1.807, 2.05) is 37.4 Å². The molecule has 4 heteroatoms. The van der Waals surface area contributed by atoms with Gasteiger partial charge in [0.15, 0.2) is 0 Å². The fourth-order valence-electron chi connectivity index (χ4n) is 2.01. The zero-order chi connectivity index (χ0) is 13.8. The van der Waals surface area contributed by atoms with E-state index in [9.17, 15) is 4.39 Å². The maximum Gasteiger partial charge on any atom is 0.137 e. The third kappa shape index (κ3) is 3.56. The van der Waals surface area contributed by atoms with Crippen molar-refractivity contribution >= 4 is 27.5 Å². The fraction of sp³-hybridized carbons (Fsp3) is 0.200. The van der Waals surface area contributed by atoms with Gasteiger partial charge in [-0.15, -0.1) is 0 Å². The molecule has 0 aliphatic carbocycles. The van der Waals surface area contributed by atoms with Crippen LogP contribution in [0.3, 0.4) is 0 Å². The van der Waals surface area contributed by atoms with Gasteiger partial charge in [-0.25, -0.2) is 4.39 Å². The number of hydrogen-bond donors (Lipinski definition) is 1. The summed E-state index contributed by atoms with van der Waals surface area (Å²) in [5.74, 6) is -0.233. The van der Waals surface area contributed by atoms with E-state index in [0.717, 1.165) is 11.1 Å². The Hall–Kier alpha value is -0.900. The normalized spacial score (nSPS) is 12.4. The van der Waals surface area contributed by atoms with Crippen LogP contribution in [0.1, 0.15) is 17.2 Å². The molecule has 1 nitrogen and oxygen atoms in total. The van der Waals surface area contributed by atoms with Crippen LogP contribution in [0.15, 0.2) is 46.9 Å². The van der Waals surface area contributed by atoms with E-state index in [-0.39, 0.29) is 11.9 Å². The Bertz CT molecular complexity index is 557. The molecule has 0 aromatic heterocycles. The molecule has 0 heterocycles. The molecular weight excluding hydrogens is 329 g/mol. The Labute approximate surface area is 125 Å². The highest BCUT2D eigenvalue weighted by atomic mass is 79.9. The van der Waals surface area contributed by atoms with Gasteiger partial charge in [0.1, 0.15) is 5.82 Å². The summed E-state index contributed by atoms with van der Waals surface area (Å²) in [6.45, 7) is 0. The topological polar surface area (TPSA) is 12.0 Å². The summed E-state index contributed by atoms with van der Waals surface area (Å²) in [5.41, 5.74) is 2.07. The smallest absolute Gasteiger partial charge is 0.137 e. The van der Waals surface area contributed by atoms with Crippen LogP contribution in [-0.2, 0) is 6.42 Å². The summed E-state index contributed by atoms with van der Waals surface area (Å²) < 4.78 is 14.0. The molecule has 1 unspecified atom stereocenters. The number of benzene rings is 2. The van der Waals surface area contributed by atoms with Crippen molar-refractivity contribution in [3.63, 3.8) is 0 Å². The van der Waals surface area contributed by atoms with Gasteiger partial charge < -0.3 is 5.32 Å². The second-order valence-corrected chi connectivity index (χ2v) is 5.54. The average molecular weight is 343 g/mol. The predicted molar refractivity (Wildman–Crippen MR) is 81.1 cm³/mol. The van der Waals surface area contributed by atoms with Crippen LogP contribution in [0.2, 0.25) is 5.02 Å². The van der Waals surface area contributed by atoms with Crippen LogP contribution >= 0.6 is 27.5 Å². The largest absolute Gasteiger partial charge is 0.313 e. The van der Waals surface area contributed by atoms with E-state index < -0.39 is 0 Å². The molecule has 2 rings (SSSR count). The molecule has 2 aromatic carbocycles. The maximum absolute atomic E-state index is 13.5. The van der Waals surface area contributed by atoms with Crippen molar-refractivity contribution in [3.8, 4) is 0 Å². The summed E-state index contributed by atoms with van der Waals surface area (Å²) in [6, 6.07) is 12.9. The molecule has 0 saturated heterocycles. The number of hydrogen-bond acceptors (Lipinski definition) is 1. The molecule has 0 amide bonds. The highest BCUT2D eigenvalue weighted by Gasteiger charge is 2.13. The van der Waals surface area contributed by atoms with E-state index in [1.54, 1.807) is 6.07 Å². The zero-order valence-corrected chi connectivity index (χ0v) is 12.8. The summed E-state index contributed by atoms with van der Waals surface area (Å²) in [7, 11) is 1.90. The Morgan fingerprint density at radius 3 is 2.53 bits per heavy atom. The molecule has 0 aliphatic heterocycles. The lowest BCUT2D eigenvalue weighted by Gasteiger charge is -2.18. The fourth-order valence-corrected chi connectivity index (χ4v) is 2.56. The number of halogens is 3. The van der Waals surface area contributed by atoms with Crippen molar-refractivity contribution in [3.05, 3.63) is 68.9 Å². The summed E-state index contributed by atoms with van der Waals surface area (Å²) in [5, 5.41) is 3.96. The van der Waals surface area contributed by atoms with Gasteiger partial charge in [0.25, 0.3) is 0 Å². The lowest BCUT2D eigenvalue weighted by atomic mass is 9.99. The summed E-state index contributed by atoms with van der Waals surface area (Å²) >= 11 is 9.19. The first-order valence-corrected chi connectivity index (χ1v) is 7.14. The minimum absolute atomic E-state index is 0.121. The van der Waals surface area contributed by atoms with E-state index in [2.05, 4.69) is 21.2 Å². The molecule has 0 bridgehead atoms.